The Balaban J connectivity index is 2.11. The molecule has 0 saturated heterocycles. The van der Waals surface area contributed by atoms with E-state index >= 15 is 0 Å². The van der Waals surface area contributed by atoms with E-state index in [1.165, 1.54) is 16.8 Å². The first-order valence-electron chi connectivity index (χ1n) is 5.57. The number of hydrogen-bond acceptors (Lipinski definition) is 1. The number of benzene rings is 2. The Bertz CT molecular complexity index is 448. The van der Waals surface area contributed by atoms with Gasteiger partial charge in [0.2, 0.25) is 0 Å². The van der Waals surface area contributed by atoms with Gasteiger partial charge in [-0.05, 0) is 24.6 Å². The Morgan fingerprint density at radius 1 is 0.938 bits per heavy atom. The summed E-state index contributed by atoms with van der Waals surface area (Å²) >= 11 is 0. The van der Waals surface area contributed by atoms with E-state index in [9.17, 15) is 0 Å². The molecule has 0 bridgehead atoms. The van der Waals surface area contributed by atoms with Crippen molar-refractivity contribution in [3.63, 3.8) is 0 Å². The highest BCUT2D eigenvalue weighted by Crippen LogP contribution is 2.15. The van der Waals surface area contributed by atoms with Crippen molar-refractivity contribution in [2.24, 2.45) is 0 Å². The molecule has 1 nitrogen and oxygen atoms in total. The minimum atomic E-state index is 0.950. The molecule has 0 spiro atoms. The predicted molar refractivity (Wildman–Crippen MR) is 69.7 cm³/mol. The lowest BCUT2D eigenvalue weighted by Crippen LogP contribution is -2.16. The molecule has 0 fully saturated rings. The summed E-state index contributed by atoms with van der Waals surface area (Å²) in [6.07, 6.45) is 0. The fourth-order valence-corrected chi connectivity index (χ4v) is 1.86. The quantitative estimate of drug-likeness (QED) is 0.749. The highest BCUT2D eigenvalue weighted by molar-refractivity contribution is 5.45. The van der Waals surface area contributed by atoms with E-state index in [1.54, 1.807) is 0 Å². The molecule has 1 heteroatoms. The van der Waals surface area contributed by atoms with Gasteiger partial charge in [-0.2, -0.15) is 0 Å². The largest absolute Gasteiger partial charge is 0.370 e. The molecule has 0 atom stereocenters. The van der Waals surface area contributed by atoms with Crippen molar-refractivity contribution in [2.75, 3.05) is 11.9 Å². The Morgan fingerprint density at radius 3 is 2.38 bits per heavy atom. The van der Waals surface area contributed by atoms with Crippen LogP contribution in [0.25, 0.3) is 0 Å². The molecule has 0 aliphatic carbocycles. The lowest BCUT2D eigenvalue weighted by Gasteiger charge is -2.19. The first-order valence-corrected chi connectivity index (χ1v) is 5.57. The molecule has 16 heavy (non-hydrogen) atoms. The van der Waals surface area contributed by atoms with Crippen molar-refractivity contribution in [3.05, 3.63) is 65.7 Å². The number of rotatable bonds is 3. The number of para-hydroxylation sites is 1. The van der Waals surface area contributed by atoms with Crippen LogP contribution in [-0.4, -0.2) is 7.05 Å². The molecule has 2 rings (SSSR count). The fourth-order valence-electron chi connectivity index (χ4n) is 1.86. The molecule has 0 aliphatic rings. The Morgan fingerprint density at radius 2 is 1.69 bits per heavy atom. The monoisotopic (exact) mass is 211 g/mol. The zero-order valence-electron chi connectivity index (χ0n) is 9.85. The smallest absolute Gasteiger partial charge is 0.0426 e. The fraction of sp³-hybridized carbons (Fsp3) is 0.200. The maximum atomic E-state index is 2.26. The molecule has 2 aromatic rings. The van der Waals surface area contributed by atoms with Crippen molar-refractivity contribution in [1.29, 1.82) is 0 Å². The maximum absolute atomic E-state index is 2.26. The number of hydrogen-bond donors (Lipinski definition) is 0. The van der Waals surface area contributed by atoms with Gasteiger partial charge in [-0.3, -0.25) is 0 Å². The molecular formula is C15H17N. The Labute approximate surface area is 97.3 Å². The second kappa shape index (κ2) is 4.84. The summed E-state index contributed by atoms with van der Waals surface area (Å²) in [5.74, 6) is 0. The number of anilines is 1. The highest BCUT2D eigenvalue weighted by atomic mass is 15.1. The molecule has 82 valence electrons. The van der Waals surface area contributed by atoms with E-state index in [1.807, 2.05) is 6.07 Å². The van der Waals surface area contributed by atoms with Gasteiger partial charge in [-0.15, -0.1) is 0 Å². The topological polar surface area (TPSA) is 3.24 Å². The highest BCUT2D eigenvalue weighted by Gasteiger charge is 2.00. The van der Waals surface area contributed by atoms with Crippen LogP contribution in [0.2, 0.25) is 0 Å². The van der Waals surface area contributed by atoms with Gasteiger partial charge in [0.15, 0.2) is 0 Å². The van der Waals surface area contributed by atoms with Crippen molar-refractivity contribution in [3.8, 4) is 0 Å². The Kier molecular flexibility index (Phi) is 3.25. The zero-order valence-corrected chi connectivity index (χ0v) is 9.85. The van der Waals surface area contributed by atoms with Crippen LogP contribution >= 0.6 is 0 Å². The average Bonchev–Trinajstić information content (AvgIpc) is 2.30. The zero-order chi connectivity index (χ0) is 11.4. The van der Waals surface area contributed by atoms with Crippen molar-refractivity contribution in [2.45, 2.75) is 13.5 Å². The second-order valence-electron chi connectivity index (χ2n) is 4.18. The van der Waals surface area contributed by atoms with Gasteiger partial charge in [0.1, 0.15) is 0 Å². The van der Waals surface area contributed by atoms with Gasteiger partial charge in [-0.1, -0.05) is 48.0 Å². The maximum Gasteiger partial charge on any atom is 0.0426 e. The van der Waals surface area contributed by atoms with Gasteiger partial charge < -0.3 is 4.90 Å². The first-order chi connectivity index (χ1) is 7.75. The average molecular weight is 211 g/mol. The van der Waals surface area contributed by atoms with E-state index in [-0.39, 0.29) is 0 Å². The third-order valence-electron chi connectivity index (χ3n) is 2.70. The lowest BCUT2D eigenvalue weighted by molar-refractivity contribution is 0.921. The van der Waals surface area contributed by atoms with Crippen LogP contribution in [0, 0.1) is 6.92 Å². The normalized spacial score (nSPS) is 10.1. The van der Waals surface area contributed by atoms with Crippen LogP contribution in [0.3, 0.4) is 0 Å². The van der Waals surface area contributed by atoms with E-state index in [0.29, 0.717) is 0 Å². The molecule has 0 heterocycles. The first kappa shape index (κ1) is 10.7. The third kappa shape index (κ3) is 2.63. The second-order valence-corrected chi connectivity index (χ2v) is 4.18. The molecule has 0 N–H and O–H groups in total. The van der Waals surface area contributed by atoms with Crippen LogP contribution < -0.4 is 4.90 Å². The number of aryl methyl sites for hydroxylation is 1. The molecular weight excluding hydrogens is 194 g/mol. The molecule has 0 saturated carbocycles. The third-order valence-corrected chi connectivity index (χ3v) is 2.70. The van der Waals surface area contributed by atoms with E-state index < -0.39 is 0 Å². The van der Waals surface area contributed by atoms with Gasteiger partial charge in [-0.25, -0.2) is 0 Å². The van der Waals surface area contributed by atoms with Crippen LogP contribution in [0.5, 0.6) is 0 Å². The summed E-state index contributed by atoms with van der Waals surface area (Å²) in [4.78, 5) is 2.26. The van der Waals surface area contributed by atoms with Gasteiger partial charge >= 0.3 is 0 Å². The van der Waals surface area contributed by atoms with E-state index in [0.717, 1.165) is 6.54 Å². The summed E-state index contributed by atoms with van der Waals surface area (Å²) in [6, 6.07) is 19.1. The molecule has 0 radical (unpaired) electrons. The molecule has 2 aromatic carbocycles. The van der Waals surface area contributed by atoms with Crippen LogP contribution in [-0.2, 0) is 6.54 Å². The lowest BCUT2D eigenvalue weighted by atomic mass is 10.1. The number of nitrogens with zero attached hydrogens (tertiary/aromatic N) is 1. The van der Waals surface area contributed by atoms with Crippen molar-refractivity contribution >= 4 is 5.69 Å². The minimum absolute atomic E-state index is 0.950. The Hall–Kier alpha value is -1.76. The summed E-state index contributed by atoms with van der Waals surface area (Å²) in [6.45, 7) is 3.08. The summed E-state index contributed by atoms with van der Waals surface area (Å²) < 4.78 is 0. The predicted octanol–water partition coefficient (Wildman–Crippen LogP) is 3.63. The van der Waals surface area contributed by atoms with Crippen molar-refractivity contribution in [1.82, 2.24) is 0 Å². The van der Waals surface area contributed by atoms with E-state index in [4.69, 9.17) is 0 Å². The van der Waals surface area contributed by atoms with Crippen LogP contribution in [0.1, 0.15) is 11.1 Å². The summed E-state index contributed by atoms with van der Waals surface area (Å²) in [5, 5.41) is 0. The summed E-state index contributed by atoms with van der Waals surface area (Å²) in [5.41, 5.74) is 3.93. The van der Waals surface area contributed by atoms with Gasteiger partial charge in [0.05, 0.1) is 0 Å². The molecule has 0 aromatic heterocycles. The summed E-state index contributed by atoms with van der Waals surface area (Å²) in [7, 11) is 2.12. The van der Waals surface area contributed by atoms with Crippen molar-refractivity contribution < 1.29 is 0 Å². The molecule has 0 aliphatic heterocycles. The minimum Gasteiger partial charge on any atom is -0.370 e. The van der Waals surface area contributed by atoms with Crippen LogP contribution in [0.4, 0.5) is 5.69 Å². The molecule has 0 unspecified atom stereocenters. The standard InChI is InChI=1S/C15H17N/c1-13-7-6-8-14(11-13)12-16(2)15-9-4-3-5-10-15/h3-11H,12H2,1-2H3. The molecule has 0 amide bonds. The van der Waals surface area contributed by atoms with Gasteiger partial charge in [0.25, 0.3) is 0 Å². The van der Waals surface area contributed by atoms with E-state index in [2.05, 4.69) is 67.4 Å². The van der Waals surface area contributed by atoms with Crippen LogP contribution in [0.15, 0.2) is 54.6 Å². The SMILES string of the molecule is Cc1cccc(CN(C)c2ccccc2)c1. The van der Waals surface area contributed by atoms with Gasteiger partial charge in [0, 0.05) is 19.3 Å².